The predicted octanol–water partition coefficient (Wildman–Crippen LogP) is 15.0. The number of hydrogen-bond acceptors (Lipinski definition) is 7. The minimum absolute atomic E-state index is 0.190. The summed E-state index contributed by atoms with van der Waals surface area (Å²) in [4.78, 5) is 14.2. The standard InChI is InChI=1S/C47H52F2N4S3/c1-7-12-13-29(9-3)16-17-31-19-21-33(35(49)27-31)39-23-25-41(55-39)43-45-44(50-36(10-4)37(11-5)51-45)42(46-47(43)53-56-52-46)40-24-22-38(54-40)32-20-18-30(26-34(32)48)15-14-28(6)8-2/h18-29H,7-17H2,1-6H3. The van der Waals surface area contributed by atoms with Crippen molar-refractivity contribution < 1.29 is 8.78 Å². The molecule has 2 unspecified atom stereocenters. The van der Waals surface area contributed by atoms with E-state index < -0.39 is 0 Å². The van der Waals surface area contributed by atoms with Crippen molar-refractivity contribution in [3.63, 3.8) is 0 Å². The van der Waals surface area contributed by atoms with Crippen LogP contribution in [0.2, 0.25) is 0 Å². The SMILES string of the molecule is CCCCC(CC)CCc1ccc(-c2ccc(-c3c4nsnc4c(-c4ccc(-c5ccc(CCC(C)CC)cc5F)s4)c4nc(CC)c(CC)nc34)s2)c(F)c1. The topological polar surface area (TPSA) is 51.6 Å². The Bertz CT molecular complexity index is 2440. The first-order valence-electron chi connectivity index (χ1n) is 20.5. The van der Waals surface area contributed by atoms with Crippen molar-refractivity contribution in [2.45, 2.75) is 112 Å². The van der Waals surface area contributed by atoms with Crippen molar-refractivity contribution in [2.75, 3.05) is 0 Å². The van der Waals surface area contributed by atoms with Gasteiger partial charge >= 0.3 is 0 Å². The quantitative estimate of drug-likeness (QED) is 0.0920. The molecule has 0 saturated carbocycles. The fourth-order valence-electron chi connectivity index (χ4n) is 7.72. The van der Waals surface area contributed by atoms with Gasteiger partial charge in [0.1, 0.15) is 33.7 Å². The molecule has 4 nitrogen and oxygen atoms in total. The molecule has 0 saturated heterocycles. The highest BCUT2D eigenvalue weighted by Gasteiger charge is 2.26. The zero-order valence-corrected chi connectivity index (χ0v) is 35.9. The molecule has 7 rings (SSSR count). The highest BCUT2D eigenvalue weighted by atomic mass is 32.1. The van der Waals surface area contributed by atoms with Crippen LogP contribution in [0.25, 0.3) is 63.8 Å². The van der Waals surface area contributed by atoms with Crippen molar-refractivity contribution in [1.82, 2.24) is 18.7 Å². The number of benzene rings is 3. The number of aryl methyl sites for hydroxylation is 4. The fourth-order valence-corrected chi connectivity index (χ4v) is 10.4. The summed E-state index contributed by atoms with van der Waals surface area (Å²) < 4.78 is 41.2. The Morgan fingerprint density at radius 3 is 1.52 bits per heavy atom. The number of fused-ring (bicyclic) bond motifs is 2. The lowest BCUT2D eigenvalue weighted by Gasteiger charge is -2.14. The molecule has 4 heterocycles. The molecule has 7 aromatic rings. The third-order valence-corrected chi connectivity index (χ3v) is 14.3. The predicted molar refractivity (Wildman–Crippen MR) is 236 cm³/mol. The van der Waals surface area contributed by atoms with E-state index in [-0.39, 0.29) is 11.6 Å². The summed E-state index contributed by atoms with van der Waals surface area (Å²) in [7, 11) is 0. The minimum atomic E-state index is -0.200. The van der Waals surface area contributed by atoms with Gasteiger partial charge in [0, 0.05) is 41.8 Å². The summed E-state index contributed by atoms with van der Waals surface area (Å²) in [6.45, 7) is 13.2. The lowest BCUT2D eigenvalue weighted by molar-refractivity contribution is 0.421. The van der Waals surface area contributed by atoms with E-state index in [0.29, 0.717) is 23.0 Å². The molecule has 0 radical (unpaired) electrons. The number of unbranched alkanes of at least 4 members (excludes halogenated alkanes) is 1. The average molecular weight is 807 g/mol. The Morgan fingerprint density at radius 2 is 1.07 bits per heavy atom. The summed E-state index contributed by atoms with van der Waals surface area (Å²) in [5.41, 5.74) is 9.97. The second kappa shape index (κ2) is 18.1. The van der Waals surface area contributed by atoms with Gasteiger partial charge < -0.3 is 0 Å². The van der Waals surface area contributed by atoms with Gasteiger partial charge in [-0.2, -0.15) is 8.75 Å². The molecule has 0 N–H and O–H groups in total. The lowest BCUT2D eigenvalue weighted by Crippen LogP contribution is -2.03. The van der Waals surface area contributed by atoms with Crippen LogP contribution in [0, 0.1) is 23.5 Å². The van der Waals surface area contributed by atoms with Crippen LogP contribution in [0.4, 0.5) is 8.78 Å². The lowest BCUT2D eigenvalue weighted by atomic mass is 9.92. The molecule has 56 heavy (non-hydrogen) atoms. The summed E-state index contributed by atoms with van der Waals surface area (Å²) in [6, 6.07) is 19.5. The Balaban J connectivity index is 1.27. The van der Waals surface area contributed by atoms with Crippen molar-refractivity contribution in [2.24, 2.45) is 11.8 Å². The number of nitrogens with zero attached hydrogens (tertiary/aromatic N) is 4. The van der Waals surface area contributed by atoms with Crippen LogP contribution in [0.15, 0.2) is 60.7 Å². The molecule has 0 bridgehead atoms. The van der Waals surface area contributed by atoms with Gasteiger partial charge in [-0.25, -0.2) is 18.7 Å². The first-order chi connectivity index (χ1) is 27.3. The van der Waals surface area contributed by atoms with Gasteiger partial charge in [-0.3, -0.25) is 0 Å². The van der Waals surface area contributed by atoms with Gasteiger partial charge in [0.25, 0.3) is 0 Å². The molecule has 0 aliphatic heterocycles. The van der Waals surface area contributed by atoms with Crippen LogP contribution in [0.1, 0.15) is 109 Å². The van der Waals surface area contributed by atoms with Crippen LogP contribution >= 0.6 is 34.4 Å². The molecular formula is C47H52F2N4S3. The maximum atomic E-state index is 15.8. The van der Waals surface area contributed by atoms with Crippen molar-refractivity contribution in [3.8, 4) is 41.8 Å². The van der Waals surface area contributed by atoms with Crippen LogP contribution < -0.4 is 0 Å². The third kappa shape index (κ3) is 8.37. The molecule has 9 heteroatoms. The molecule has 0 amide bonds. The largest absolute Gasteiger partial charge is 0.249 e. The van der Waals surface area contributed by atoms with Gasteiger partial charge in [-0.1, -0.05) is 97.9 Å². The second-order valence-corrected chi connectivity index (χ2v) is 17.9. The van der Waals surface area contributed by atoms with Crippen LogP contribution in [0.3, 0.4) is 0 Å². The van der Waals surface area contributed by atoms with E-state index >= 15 is 8.78 Å². The second-order valence-electron chi connectivity index (χ2n) is 15.2. The van der Waals surface area contributed by atoms with E-state index in [4.69, 9.17) is 18.7 Å². The molecule has 292 valence electrons. The first kappa shape index (κ1) is 40.3. The summed E-state index contributed by atoms with van der Waals surface area (Å²) >= 11 is 4.26. The summed E-state index contributed by atoms with van der Waals surface area (Å²) in [5.74, 6) is 0.913. The number of halogens is 2. The molecule has 0 aliphatic carbocycles. The Kier molecular flexibility index (Phi) is 13.0. The van der Waals surface area contributed by atoms with Crippen LogP contribution in [-0.2, 0) is 25.7 Å². The molecule has 2 atom stereocenters. The maximum Gasteiger partial charge on any atom is 0.132 e. The summed E-state index contributed by atoms with van der Waals surface area (Å²) in [6.07, 6.45) is 11.4. The van der Waals surface area contributed by atoms with E-state index in [1.165, 1.54) is 37.4 Å². The van der Waals surface area contributed by atoms with Gasteiger partial charge in [-0.05, 0) is 97.9 Å². The molecule has 0 fully saturated rings. The third-order valence-electron chi connectivity index (χ3n) is 11.5. The van der Waals surface area contributed by atoms with Gasteiger partial charge in [0.2, 0.25) is 0 Å². The average Bonchev–Trinajstić information content (AvgIpc) is 4.01. The Hall–Kier alpha value is -3.92. The van der Waals surface area contributed by atoms with E-state index in [9.17, 15) is 0 Å². The Labute approximate surface area is 342 Å². The van der Waals surface area contributed by atoms with Crippen LogP contribution in [0.5, 0.6) is 0 Å². The van der Waals surface area contributed by atoms with Gasteiger partial charge in [0.05, 0.1) is 23.1 Å². The Morgan fingerprint density at radius 1 is 0.571 bits per heavy atom. The van der Waals surface area contributed by atoms with Gasteiger partial charge in [0.15, 0.2) is 0 Å². The van der Waals surface area contributed by atoms with E-state index in [1.807, 2.05) is 30.3 Å². The molecule has 0 aliphatic rings. The monoisotopic (exact) mass is 806 g/mol. The zero-order chi connectivity index (χ0) is 39.3. The van der Waals surface area contributed by atoms with Crippen molar-refractivity contribution >= 4 is 56.5 Å². The summed E-state index contributed by atoms with van der Waals surface area (Å²) in [5, 5.41) is 0. The highest BCUT2D eigenvalue weighted by molar-refractivity contribution is 7.19. The van der Waals surface area contributed by atoms with Crippen molar-refractivity contribution in [3.05, 3.63) is 94.8 Å². The van der Waals surface area contributed by atoms with Crippen molar-refractivity contribution in [1.29, 1.82) is 0 Å². The molecule has 0 spiro atoms. The molecule has 4 aromatic heterocycles. The first-order valence-corrected chi connectivity index (χ1v) is 22.9. The molecular weight excluding hydrogens is 755 g/mol. The van der Waals surface area contributed by atoms with E-state index in [0.717, 1.165) is 120 Å². The maximum absolute atomic E-state index is 15.8. The molecule has 3 aromatic carbocycles. The highest BCUT2D eigenvalue weighted by Crippen LogP contribution is 2.47. The number of rotatable bonds is 17. The van der Waals surface area contributed by atoms with E-state index in [2.05, 4.69) is 59.7 Å². The number of hydrogen-bond donors (Lipinski definition) is 0. The zero-order valence-electron chi connectivity index (χ0n) is 33.5. The minimum Gasteiger partial charge on any atom is -0.249 e. The van der Waals surface area contributed by atoms with E-state index in [1.54, 1.807) is 34.8 Å². The van der Waals surface area contributed by atoms with Crippen LogP contribution in [-0.4, -0.2) is 18.7 Å². The normalized spacial score (nSPS) is 12.9. The smallest absolute Gasteiger partial charge is 0.132 e. The number of aromatic nitrogens is 4. The number of thiophene rings is 2. The fraction of sp³-hybridized carbons (Fsp3) is 0.404. The van der Waals surface area contributed by atoms with Gasteiger partial charge in [-0.15, -0.1) is 22.7 Å².